The molecule has 4 aromatic rings. The van der Waals surface area contributed by atoms with Gasteiger partial charge in [-0.2, -0.15) is 0 Å². The number of amides is 2. The van der Waals surface area contributed by atoms with E-state index in [9.17, 15) is 9.59 Å². The monoisotopic (exact) mass is 543 g/mol. The maximum atomic E-state index is 14.2. The highest BCUT2D eigenvalue weighted by molar-refractivity contribution is 9.10. The van der Waals surface area contributed by atoms with Crippen molar-refractivity contribution < 1.29 is 14.3 Å². The van der Waals surface area contributed by atoms with Gasteiger partial charge in [0.25, 0.3) is 5.91 Å². The lowest BCUT2D eigenvalue weighted by molar-refractivity contribution is -0.166. The van der Waals surface area contributed by atoms with Gasteiger partial charge in [0, 0.05) is 39.9 Å². The molecule has 2 aliphatic heterocycles. The first kappa shape index (κ1) is 22.9. The summed E-state index contributed by atoms with van der Waals surface area (Å²) in [5.74, 6) is 0.513. The number of hydrogen-bond acceptors (Lipinski definition) is 3. The number of carbonyl (C=O) groups is 2. The summed E-state index contributed by atoms with van der Waals surface area (Å²) in [7, 11) is 1.62. The van der Waals surface area contributed by atoms with Gasteiger partial charge in [-0.05, 0) is 42.3 Å². The van der Waals surface area contributed by atoms with Crippen molar-refractivity contribution in [3.8, 4) is 5.75 Å². The van der Waals surface area contributed by atoms with Gasteiger partial charge in [0.2, 0.25) is 5.91 Å². The lowest BCUT2D eigenvalue weighted by Crippen LogP contribution is -2.67. The Hall–Kier alpha value is -3.58. The third kappa shape index (κ3) is 3.37. The van der Waals surface area contributed by atoms with Gasteiger partial charge in [-0.3, -0.25) is 9.59 Å². The molecule has 182 valence electrons. The van der Waals surface area contributed by atoms with E-state index in [-0.39, 0.29) is 24.3 Å². The molecule has 3 heterocycles. The van der Waals surface area contributed by atoms with Gasteiger partial charge in [-0.25, -0.2) is 0 Å². The topological polar surface area (TPSA) is 65.6 Å². The van der Waals surface area contributed by atoms with Crippen molar-refractivity contribution in [3.05, 3.63) is 99.7 Å². The number of carbonyl (C=O) groups excluding carboxylic acids is 2. The van der Waals surface area contributed by atoms with Crippen LogP contribution in [-0.4, -0.2) is 46.8 Å². The van der Waals surface area contributed by atoms with Crippen LogP contribution in [0.4, 0.5) is 0 Å². The van der Waals surface area contributed by atoms with Crippen LogP contribution in [-0.2, 0) is 21.7 Å². The second kappa shape index (κ2) is 8.52. The highest BCUT2D eigenvalue weighted by Crippen LogP contribution is 2.48. The van der Waals surface area contributed by atoms with Crippen molar-refractivity contribution in [2.75, 3.05) is 20.2 Å². The molecule has 3 aromatic carbocycles. The van der Waals surface area contributed by atoms with Crippen LogP contribution in [0.15, 0.2) is 77.3 Å². The average Bonchev–Trinajstić information content (AvgIpc) is 3.29. The van der Waals surface area contributed by atoms with Gasteiger partial charge in [0.05, 0.1) is 12.8 Å². The van der Waals surface area contributed by atoms with E-state index in [0.29, 0.717) is 18.8 Å². The van der Waals surface area contributed by atoms with Crippen LogP contribution in [0.25, 0.3) is 10.9 Å². The average molecular weight is 544 g/mol. The Bertz CT molecular complexity index is 1500. The number of methoxy groups -OCH3 is 1. The number of aromatic amines is 1. The first-order valence-corrected chi connectivity index (χ1v) is 12.8. The van der Waals surface area contributed by atoms with Gasteiger partial charge < -0.3 is 19.5 Å². The zero-order chi connectivity index (χ0) is 25.0. The molecule has 1 fully saturated rings. The van der Waals surface area contributed by atoms with Crippen molar-refractivity contribution in [2.24, 2.45) is 0 Å². The van der Waals surface area contributed by atoms with E-state index in [1.54, 1.807) is 16.9 Å². The summed E-state index contributed by atoms with van der Waals surface area (Å²) in [6.07, 6.45) is 0. The molecule has 0 aliphatic carbocycles. The molecule has 36 heavy (non-hydrogen) atoms. The molecule has 2 aliphatic rings. The van der Waals surface area contributed by atoms with E-state index in [1.165, 1.54) is 0 Å². The number of benzene rings is 3. The number of H-pyrrole nitrogens is 1. The molecule has 2 atom stereocenters. The fraction of sp³-hybridized carbons (Fsp3) is 0.241. The lowest BCUT2D eigenvalue weighted by Gasteiger charge is -2.51. The van der Waals surface area contributed by atoms with Gasteiger partial charge in [0.15, 0.2) is 5.54 Å². The molecule has 2 amide bonds. The third-order valence-corrected chi connectivity index (χ3v) is 8.17. The first-order chi connectivity index (χ1) is 17.4. The van der Waals surface area contributed by atoms with Crippen molar-refractivity contribution >= 4 is 38.6 Å². The minimum atomic E-state index is -1.13. The van der Waals surface area contributed by atoms with E-state index in [2.05, 4.69) is 39.1 Å². The summed E-state index contributed by atoms with van der Waals surface area (Å²) in [5.41, 5.74) is 3.71. The number of piperazine rings is 1. The molecule has 0 spiro atoms. The predicted octanol–water partition coefficient (Wildman–Crippen LogP) is 5.17. The van der Waals surface area contributed by atoms with E-state index < -0.39 is 5.54 Å². The summed E-state index contributed by atoms with van der Waals surface area (Å²) < 4.78 is 6.51. The summed E-state index contributed by atoms with van der Waals surface area (Å²) in [4.78, 5) is 34.9. The zero-order valence-corrected chi connectivity index (χ0v) is 21.7. The van der Waals surface area contributed by atoms with Gasteiger partial charge >= 0.3 is 0 Å². The number of aromatic nitrogens is 1. The molecular weight excluding hydrogens is 518 g/mol. The highest BCUT2D eigenvalue weighted by atomic mass is 79.9. The molecule has 0 bridgehead atoms. The number of ether oxygens (including phenoxy) is 1. The number of hydrogen-bond donors (Lipinski definition) is 1. The molecular formula is C29H26BrN3O3. The van der Waals surface area contributed by atoms with Crippen LogP contribution in [0.3, 0.4) is 0 Å². The molecule has 0 radical (unpaired) electrons. The van der Waals surface area contributed by atoms with Crippen molar-refractivity contribution in [3.63, 3.8) is 0 Å². The van der Waals surface area contributed by atoms with Crippen LogP contribution >= 0.6 is 15.9 Å². The summed E-state index contributed by atoms with van der Waals surface area (Å²) in [6, 6.07) is 24.0. The molecule has 7 heteroatoms. The molecule has 6 rings (SSSR count). The first-order valence-electron chi connectivity index (χ1n) is 12.0. The minimum Gasteiger partial charge on any atom is -0.496 e. The Morgan fingerprint density at radius 2 is 1.75 bits per heavy atom. The summed E-state index contributed by atoms with van der Waals surface area (Å²) >= 11 is 3.53. The second-order valence-electron chi connectivity index (χ2n) is 9.61. The molecule has 6 nitrogen and oxygen atoms in total. The minimum absolute atomic E-state index is 0.0368. The van der Waals surface area contributed by atoms with Gasteiger partial charge in [-0.15, -0.1) is 0 Å². The highest BCUT2D eigenvalue weighted by Gasteiger charge is 2.56. The number of halogens is 1. The number of para-hydroxylation sites is 2. The van der Waals surface area contributed by atoms with Crippen LogP contribution in [0.5, 0.6) is 5.75 Å². The quantitative estimate of drug-likeness (QED) is 0.386. The van der Waals surface area contributed by atoms with Gasteiger partial charge in [0.1, 0.15) is 12.3 Å². The normalized spacial score (nSPS) is 21.5. The Morgan fingerprint density at radius 3 is 2.53 bits per heavy atom. The molecule has 2 unspecified atom stereocenters. The fourth-order valence-electron chi connectivity index (χ4n) is 5.84. The SMILES string of the molecule is COc1ccccc1CN1CC(=O)N2CC(c3ccc(Br)cc3)c3c([nH]c4ccccc34)C2(C)C1=O. The van der Waals surface area contributed by atoms with Crippen LogP contribution < -0.4 is 4.74 Å². The van der Waals surface area contributed by atoms with E-state index in [4.69, 9.17) is 4.74 Å². The maximum Gasteiger partial charge on any atom is 0.255 e. The summed E-state index contributed by atoms with van der Waals surface area (Å²) in [5, 5.41) is 1.09. The Balaban J connectivity index is 1.49. The van der Waals surface area contributed by atoms with Crippen LogP contribution in [0, 0.1) is 0 Å². The van der Waals surface area contributed by atoms with Crippen LogP contribution in [0.2, 0.25) is 0 Å². The Labute approximate surface area is 218 Å². The zero-order valence-electron chi connectivity index (χ0n) is 20.1. The molecule has 1 saturated heterocycles. The lowest BCUT2D eigenvalue weighted by atomic mass is 9.76. The van der Waals surface area contributed by atoms with Gasteiger partial charge in [-0.1, -0.05) is 64.5 Å². The molecule has 1 aromatic heterocycles. The van der Waals surface area contributed by atoms with Crippen LogP contribution in [0.1, 0.15) is 35.2 Å². The number of fused-ring (bicyclic) bond motifs is 5. The predicted molar refractivity (Wildman–Crippen MR) is 142 cm³/mol. The standard InChI is InChI=1S/C29H26BrN3O3/c1-29-27-26(21-8-4-5-9-23(21)31-27)22(18-11-13-20(30)14-12-18)16-33(29)25(34)17-32(28(29)35)15-19-7-3-6-10-24(19)36-2/h3-14,22,31H,15-17H2,1-2H3. The Kier molecular flexibility index (Phi) is 5.41. The van der Waals surface area contributed by atoms with Crippen molar-refractivity contribution in [1.29, 1.82) is 0 Å². The molecule has 1 N–H and O–H groups in total. The smallest absolute Gasteiger partial charge is 0.255 e. The number of nitrogens with zero attached hydrogens (tertiary/aromatic N) is 2. The van der Waals surface area contributed by atoms with E-state index in [0.717, 1.165) is 37.8 Å². The van der Waals surface area contributed by atoms with Crippen molar-refractivity contribution in [1.82, 2.24) is 14.8 Å². The number of rotatable bonds is 4. The maximum absolute atomic E-state index is 14.2. The van der Waals surface area contributed by atoms with E-state index in [1.807, 2.05) is 61.5 Å². The number of nitrogens with one attached hydrogen (secondary N) is 1. The largest absolute Gasteiger partial charge is 0.496 e. The van der Waals surface area contributed by atoms with E-state index >= 15 is 0 Å². The molecule has 0 saturated carbocycles. The second-order valence-corrected chi connectivity index (χ2v) is 10.5. The summed E-state index contributed by atoms with van der Waals surface area (Å²) in [6.45, 7) is 2.67. The Morgan fingerprint density at radius 1 is 1.03 bits per heavy atom. The third-order valence-electron chi connectivity index (χ3n) is 7.64. The fourth-order valence-corrected chi connectivity index (χ4v) is 6.10. The van der Waals surface area contributed by atoms with Crippen molar-refractivity contribution in [2.45, 2.75) is 24.9 Å².